The third-order valence-corrected chi connectivity index (χ3v) is 6.13. The number of nitrogens with one attached hydrogen (secondary N) is 1. The fraction of sp³-hybridized carbons (Fsp3) is 0.464. The average molecular weight is 496 g/mol. The van der Waals surface area contributed by atoms with Crippen LogP contribution in [0.1, 0.15) is 39.2 Å². The summed E-state index contributed by atoms with van der Waals surface area (Å²) in [5.74, 6) is -0.0621. The number of likely N-dealkylation sites (tertiary alicyclic amines) is 1. The maximum atomic E-state index is 13.4. The first kappa shape index (κ1) is 27.2. The van der Waals surface area contributed by atoms with Crippen molar-refractivity contribution in [2.24, 2.45) is 5.92 Å². The molecule has 8 nitrogen and oxygen atoms in total. The minimum atomic E-state index is -0.576. The summed E-state index contributed by atoms with van der Waals surface area (Å²) >= 11 is 0. The molecule has 3 rings (SSSR count). The maximum absolute atomic E-state index is 13.4. The highest BCUT2D eigenvalue weighted by Gasteiger charge is 2.34. The lowest BCUT2D eigenvalue weighted by molar-refractivity contribution is -0.121. The number of ether oxygens (including phenoxy) is 2. The molecular weight excluding hydrogens is 458 g/mol. The van der Waals surface area contributed by atoms with Gasteiger partial charge in [-0.05, 0) is 64.3 Å². The second kappa shape index (κ2) is 12.5. The van der Waals surface area contributed by atoms with Gasteiger partial charge in [0.1, 0.15) is 12.2 Å². The van der Waals surface area contributed by atoms with E-state index >= 15 is 0 Å². The molecule has 0 aliphatic carbocycles. The van der Waals surface area contributed by atoms with Crippen molar-refractivity contribution < 1.29 is 23.9 Å². The molecule has 0 aromatic heterocycles. The molecule has 0 radical (unpaired) electrons. The Labute approximate surface area is 213 Å². The van der Waals surface area contributed by atoms with Crippen LogP contribution in [-0.2, 0) is 20.9 Å². The fourth-order valence-corrected chi connectivity index (χ4v) is 4.32. The van der Waals surface area contributed by atoms with Crippen molar-refractivity contribution in [3.63, 3.8) is 0 Å². The molecule has 1 saturated heterocycles. The molecule has 1 atom stereocenters. The van der Waals surface area contributed by atoms with Gasteiger partial charge in [0.2, 0.25) is 0 Å². The molecule has 1 aliphatic rings. The Balaban J connectivity index is 1.64. The molecule has 1 fully saturated rings. The minimum Gasteiger partial charge on any atom is -0.444 e. The molecule has 0 spiro atoms. The molecule has 2 amide bonds. The van der Waals surface area contributed by atoms with E-state index in [1.54, 1.807) is 24.1 Å². The van der Waals surface area contributed by atoms with E-state index in [1.165, 1.54) is 4.90 Å². The molecule has 2 aromatic carbocycles. The minimum absolute atomic E-state index is 0.0409. The van der Waals surface area contributed by atoms with E-state index in [2.05, 4.69) is 5.32 Å². The van der Waals surface area contributed by atoms with Crippen molar-refractivity contribution in [1.82, 2.24) is 10.2 Å². The Bertz CT molecular complexity index is 999. The van der Waals surface area contributed by atoms with Gasteiger partial charge < -0.3 is 19.7 Å². The maximum Gasteiger partial charge on any atom is 0.415 e. The molecule has 194 valence electrons. The number of rotatable bonds is 8. The first-order valence-electron chi connectivity index (χ1n) is 12.4. The first-order chi connectivity index (χ1) is 17.2. The normalized spacial score (nSPS) is 15.2. The van der Waals surface area contributed by atoms with E-state index < -0.39 is 17.7 Å². The zero-order chi connectivity index (χ0) is 26.1. The van der Waals surface area contributed by atoms with E-state index in [0.29, 0.717) is 31.6 Å². The molecule has 1 heterocycles. The topological polar surface area (TPSA) is 88.2 Å². The van der Waals surface area contributed by atoms with Crippen molar-refractivity contribution in [3.8, 4) is 0 Å². The number of para-hydroxylation sites is 1. The smallest absolute Gasteiger partial charge is 0.415 e. The summed E-state index contributed by atoms with van der Waals surface area (Å²) in [6.07, 6.45) is 0.429. The molecule has 36 heavy (non-hydrogen) atoms. The summed E-state index contributed by atoms with van der Waals surface area (Å²) in [4.78, 5) is 41.9. The molecular formula is C28H37N3O5. The van der Waals surface area contributed by atoms with Crippen LogP contribution >= 0.6 is 0 Å². The molecule has 0 saturated carbocycles. The van der Waals surface area contributed by atoms with Crippen LogP contribution in [0, 0.1) is 5.92 Å². The number of anilines is 1. The second-order valence-corrected chi connectivity index (χ2v) is 10.00. The Morgan fingerprint density at radius 1 is 1.00 bits per heavy atom. The van der Waals surface area contributed by atoms with Crippen molar-refractivity contribution in [3.05, 3.63) is 66.2 Å². The molecule has 1 aliphatic heterocycles. The van der Waals surface area contributed by atoms with Crippen molar-refractivity contribution in [2.45, 2.75) is 51.9 Å². The summed E-state index contributed by atoms with van der Waals surface area (Å²) in [6.45, 7) is 6.58. The monoisotopic (exact) mass is 495 g/mol. The van der Waals surface area contributed by atoms with Gasteiger partial charge in [0, 0.05) is 18.8 Å². The van der Waals surface area contributed by atoms with Crippen LogP contribution in [0.4, 0.5) is 15.3 Å². The van der Waals surface area contributed by atoms with Crippen LogP contribution in [-0.4, -0.2) is 61.2 Å². The van der Waals surface area contributed by atoms with Gasteiger partial charge in [-0.3, -0.25) is 9.69 Å². The van der Waals surface area contributed by atoms with Gasteiger partial charge in [0.15, 0.2) is 5.78 Å². The average Bonchev–Trinajstić information content (AvgIpc) is 2.87. The Morgan fingerprint density at radius 2 is 1.58 bits per heavy atom. The van der Waals surface area contributed by atoms with Crippen LogP contribution < -0.4 is 10.2 Å². The number of hydrogen-bond donors (Lipinski definition) is 1. The van der Waals surface area contributed by atoms with Gasteiger partial charge in [0.05, 0.1) is 12.6 Å². The summed E-state index contributed by atoms with van der Waals surface area (Å²) < 4.78 is 11.0. The van der Waals surface area contributed by atoms with Crippen LogP contribution in [0.25, 0.3) is 0 Å². The van der Waals surface area contributed by atoms with Crippen LogP contribution in [0.3, 0.4) is 0 Å². The third kappa shape index (κ3) is 7.81. The largest absolute Gasteiger partial charge is 0.444 e. The molecule has 1 N–H and O–H groups in total. The quantitative estimate of drug-likeness (QED) is 0.574. The number of hydrogen-bond acceptors (Lipinski definition) is 6. The summed E-state index contributed by atoms with van der Waals surface area (Å²) in [6, 6.07) is 18.0. The van der Waals surface area contributed by atoms with Crippen LogP contribution in [0.5, 0.6) is 0 Å². The van der Waals surface area contributed by atoms with Gasteiger partial charge in [-0.15, -0.1) is 0 Å². The zero-order valence-corrected chi connectivity index (χ0v) is 21.6. The lowest BCUT2D eigenvalue weighted by atomic mass is 9.87. The molecule has 0 bridgehead atoms. The Kier molecular flexibility index (Phi) is 9.47. The number of likely N-dealkylation sites (N-methyl/N-ethyl adjacent to an activating group) is 1. The zero-order valence-electron chi connectivity index (χ0n) is 21.6. The predicted molar refractivity (Wildman–Crippen MR) is 139 cm³/mol. The third-order valence-electron chi connectivity index (χ3n) is 6.13. The number of amides is 2. The highest BCUT2D eigenvalue weighted by molar-refractivity contribution is 5.97. The van der Waals surface area contributed by atoms with E-state index in [4.69, 9.17) is 9.47 Å². The number of carbonyl (C=O) groups excluding carboxylic acids is 3. The van der Waals surface area contributed by atoms with Gasteiger partial charge >= 0.3 is 12.2 Å². The van der Waals surface area contributed by atoms with Crippen LogP contribution in [0.15, 0.2) is 60.7 Å². The number of piperidine rings is 1. The van der Waals surface area contributed by atoms with Crippen molar-refractivity contribution >= 4 is 23.7 Å². The predicted octanol–water partition coefficient (Wildman–Crippen LogP) is 4.63. The highest BCUT2D eigenvalue weighted by Crippen LogP contribution is 2.24. The Hall–Kier alpha value is -3.39. The molecule has 8 heteroatoms. The first-order valence-corrected chi connectivity index (χ1v) is 12.4. The van der Waals surface area contributed by atoms with Crippen molar-refractivity contribution in [1.29, 1.82) is 0 Å². The summed E-state index contributed by atoms with van der Waals surface area (Å²) in [7, 11) is 1.75. The van der Waals surface area contributed by atoms with E-state index in [9.17, 15) is 14.4 Å². The van der Waals surface area contributed by atoms with E-state index in [1.807, 2.05) is 69.3 Å². The Morgan fingerprint density at radius 3 is 2.14 bits per heavy atom. The fourth-order valence-electron chi connectivity index (χ4n) is 4.32. The van der Waals surface area contributed by atoms with Crippen LogP contribution in [0.2, 0.25) is 0 Å². The van der Waals surface area contributed by atoms with E-state index in [0.717, 1.165) is 5.56 Å². The van der Waals surface area contributed by atoms with Gasteiger partial charge in [-0.1, -0.05) is 48.5 Å². The van der Waals surface area contributed by atoms with Gasteiger partial charge in [0.25, 0.3) is 0 Å². The summed E-state index contributed by atoms with van der Waals surface area (Å²) in [5, 5.41) is 3.14. The number of Topliss-reactive ketones (excluding diaryl/α,β-unsaturated/α-hetero) is 1. The standard InChI is InChI=1S/C28H37N3O5/c1-28(2,3)36-26(33)30-17-15-22(16-18-30)25(29-4)24(32)19-31(23-13-9-6-10-14-23)27(34)35-20-21-11-7-5-8-12-21/h5-14,22,25,29H,15-20H2,1-4H3. The number of benzene rings is 2. The van der Waals surface area contributed by atoms with E-state index in [-0.39, 0.29) is 30.9 Å². The highest BCUT2D eigenvalue weighted by atomic mass is 16.6. The SMILES string of the molecule is CNC(C(=O)CN(C(=O)OCc1ccccc1)c1ccccc1)C1CCN(C(=O)OC(C)(C)C)CC1. The second-order valence-electron chi connectivity index (χ2n) is 10.00. The molecule has 1 unspecified atom stereocenters. The molecule has 2 aromatic rings. The number of ketones is 1. The lowest BCUT2D eigenvalue weighted by Crippen LogP contribution is -2.51. The lowest BCUT2D eigenvalue weighted by Gasteiger charge is -2.36. The van der Waals surface area contributed by atoms with Gasteiger partial charge in [-0.2, -0.15) is 0 Å². The number of nitrogens with zero attached hydrogens (tertiary/aromatic N) is 2. The summed E-state index contributed by atoms with van der Waals surface area (Å²) in [5.41, 5.74) is 0.918. The number of carbonyl (C=O) groups is 3. The van der Waals surface area contributed by atoms with Crippen molar-refractivity contribution in [2.75, 3.05) is 31.6 Å². The van der Waals surface area contributed by atoms with Gasteiger partial charge in [-0.25, -0.2) is 9.59 Å².